The van der Waals surface area contributed by atoms with Crippen LogP contribution >= 0.6 is 0 Å². The third kappa shape index (κ3) is 11.8. The van der Waals surface area contributed by atoms with Gasteiger partial charge in [-0.25, -0.2) is 9.97 Å². The van der Waals surface area contributed by atoms with Gasteiger partial charge in [0.2, 0.25) is 0 Å². The van der Waals surface area contributed by atoms with Crippen molar-refractivity contribution in [3.63, 3.8) is 0 Å². The van der Waals surface area contributed by atoms with E-state index >= 15 is 0 Å². The summed E-state index contributed by atoms with van der Waals surface area (Å²) in [5, 5.41) is 28.3. The highest BCUT2D eigenvalue weighted by Gasteiger charge is 2.20. The first kappa shape index (κ1) is 48.6. The van der Waals surface area contributed by atoms with E-state index < -0.39 is 0 Å². The molecule has 8 bridgehead atoms. The number of rotatable bonds is 23. The van der Waals surface area contributed by atoms with E-state index in [1.165, 1.54) is 44.9 Å². The normalized spacial score (nSPS) is 11.8. The van der Waals surface area contributed by atoms with Crippen LogP contribution in [0.2, 0.25) is 0 Å². The molecule has 0 radical (unpaired) electrons. The first-order valence-corrected chi connectivity index (χ1v) is 24.9. The van der Waals surface area contributed by atoms with Crippen molar-refractivity contribution in [2.75, 3.05) is 46.2 Å². The highest BCUT2D eigenvalue weighted by atomic mass is 16.5. The van der Waals surface area contributed by atoms with Gasteiger partial charge < -0.3 is 44.2 Å². The van der Waals surface area contributed by atoms with Gasteiger partial charge >= 0.3 is 0 Å². The van der Waals surface area contributed by atoms with Crippen LogP contribution in [0.4, 0.5) is 0 Å². The average Bonchev–Trinajstić information content (AvgIpc) is 4.27. The Morgan fingerprint density at radius 2 is 0.634 bits per heavy atom. The second-order valence-corrected chi connectivity index (χ2v) is 17.6. The average molecular weight is 951 g/mol. The molecule has 0 saturated heterocycles. The molecule has 0 unspecified atom stereocenters. The van der Waals surface area contributed by atoms with E-state index in [0.29, 0.717) is 23.9 Å². The van der Waals surface area contributed by atoms with Crippen molar-refractivity contribution in [3.05, 3.63) is 144 Å². The van der Waals surface area contributed by atoms with E-state index in [1.54, 1.807) is 0 Å². The molecule has 0 amide bonds. The van der Waals surface area contributed by atoms with Crippen LogP contribution in [0, 0.1) is 0 Å². The lowest BCUT2D eigenvalue weighted by molar-refractivity contribution is 0.201. The number of benzene rings is 4. The van der Waals surface area contributed by atoms with E-state index in [4.69, 9.17) is 28.9 Å². The summed E-state index contributed by atoms with van der Waals surface area (Å²) < 4.78 is 23.6. The predicted octanol–water partition coefficient (Wildman–Crippen LogP) is 13.0. The molecule has 0 saturated carbocycles. The molecule has 3 aromatic heterocycles. The van der Waals surface area contributed by atoms with Crippen LogP contribution in [-0.4, -0.2) is 81.5 Å². The number of hydrogen-bond acceptors (Lipinski definition) is 9. The van der Waals surface area contributed by atoms with Gasteiger partial charge in [0, 0.05) is 44.3 Å². The van der Waals surface area contributed by atoms with Crippen molar-refractivity contribution in [1.82, 2.24) is 19.9 Å². The van der Waals surface area contributed by atoms with Gasteiger partial charge in [0.05, 0.1) is 49.2 Å². The molecule has 9 rings (SSSR count). The molecule has 2 aliphatic heterocycles. The molecule has 11 heteroatoms. The number of nitrogens with one attached hydrogen (secondary N) is 2. The lowest BCUT2D eigenvalue weighted by atomic mass is 10.0. The Morgan fingerprint density at radius 3 is 1.00 bits per heavy atom. The van der Waals surface area contributed by atoms with Crippen LogP contribution in [-0.2, 0) is 0 Å². The second kappa shape index (κ2) is 23.9. The Kier molecular flexibility index (Phi) is 16.4. The molecule has 0 spiro atoms. The Labute approximate surface area is 415 Å². The molecule has 0 atom stereocenters. The fraction of sp³-hybridized carbons (Fsp3) is 0.267. The third-order valence-corrected chi connectivity index (χ3v) is 12.7. The number of fused-ring (bicyclic) bond motifs is 8. The predicted molar refractivity (Wildman–Crippen MR) is 286 cm³/mol. The number of aliphatic hydroxyl groups excluding tert-OH is 3. The molecule has 0 aliphatic carbocycles. The highest BCUT2D eigenvalue weighted by Crippen LogP contribution is 2.39. The number of aromatic amines is 2. The van der Waals surface area contributed by atoms with E-state index in [0.717, 1.165) is 102 Å². The van der Waals surface area contributed by atoms with Gasteiger partial charge in [-0.2, -0.15) is 0 Å². The molecule has 2 aliphatic rings. The fourth-order valence-electron chi connectivity index (χ4n) is 9.21. The highest BCUT2D eigenvalue weighted by molar-refractivity contribution is 6.00. The zero-order chi connectivity index (χ0) is 48.8. The topological polar surface area (TPSA) is 155 Å². The Morgan fingerprint density at radius 1 is 0.338 bits per heavy atom. The second-order valence-electron chi connectivity index (χ2n) is 17.6. The summed E-state index contributed by atoms with van der Waals surface area (Å²) in [4.78, 5) is 18.5. The zero-order valence-corrected chi connectivity index (χ0v) is 40.3. The lowest BCUT2D eigenvalue weighted by Crippen LogP contribution is -2.01. The molecule has 0 fully saturated rings. The van der Waals surface area contributed by atoms with E-state index in [1.807, 2.05) is 97.1 Å². The van der Waals surface area contributed by atoms with Crippen LogP contribution < -0.4 is 18.9 Å². The van der Waals surface area contributed by atoms with Gasteiger partial charge in [0.25, 0.3) is 0 Å². The minimum absolute atomic E-state index is 0.0776. The SMILES string of the molecule is CCCCCCCCCCOc1ccc(-c2c3ccc([nH]3)c(-c3ccc(OCCO)cc3)c3nc(c(-c4ccc(OCCO)cc4)c4nc(c(-c5ccc(OCCO)cc5)c5ccc2[nH]5)C=C4)C=C3)cc1. The lowest BCUT2D eigenvalue weighted by Gasteiger charge is -2.09. The number of H-pyrrole nitrogens is 2. The summed E-state index contributed by atoms with van der Waals surface area (Å²) in [5.41, 5.74) is 13.9. The van der Waals surface area contributed by atoms with Crippen LogP contribution in [0.5, 0.6) is 23.0 Å². The summed E-state index contributed by atoms with van der Waals surface area (Å²) in [6, 6.07) is 40.4. The van der Waals surface area contributed by atoms with Crippen molar-refractivity contribution in [1.29, 1.82) is 0 Å². The third-order valence-electron chi connectivity index (χ3n) is 12.7. The standard InChI is InChI=1S/C60H62N4O7/c1-2-3-4-5-6-7-8-9-37-68-45-18-10-41(11-19-45)57-49-26-28-51(61-49)58(42-12-20-46(21-13-42)69-38-34-65)53-30-32-55(63-53)60(44-16-24-48(25-17-44)71-40-36-67)56-33-31-54(64-56)59(52-29-27-50(57)62-52)43-14-22-47(23-15-43)70-39-35-66/h10-33,61-62,65-67H,2-9,34-40H2,1H3. The quantitative estimate of drug-likeness (QED) is 0.0394. The molecule has 11 nitrogen and oxygen atoms in total. The van der Waals surface area contributed by atoms with E-state index in [9.17, 15) is 15.3 Å². The Balaban J connectivity index is 1.23. The molecule has 5 heterocycles. The molecular weight excluding hydrogens is 889 g/mol. The van der Waals surface area contributed by atoms with Crippen molar-refractivity contribution >= 4 is 46.4 Å². The van der Waals surface area contributed by atoms with Crippen molar-refractivity contribution in [3.8, 4) is 67.5 Å². The number of aromatic nitrogens is 4. The van der Waals surface area contributed by atoms with Gasteiger partial charge in [-0.1, -0.05) is 100 Å². The summed E-state index contributed by atoms with van der Waals surface area (Å²) in [6.45, 7) is 3.30. The van der Waals surface area contributed by atoms with Crippen molar-refractivity contribution in [2.24, 2.45) is 0 Å². The first-order chi connectivity index (χ1) is 35.0. The van der Waals surface area contributed by atoms with Gasteiger partial charge in [-0.05, 0) is 126 Å². The van der Waals surface area contributed by atoms with E-state index in [2.05, 4.69) is 65.4 Å². The summed E-state index contributed by atoms with van der Waals surface area (Å²) in [7, 11) is 0. The molecule has 5 N–H and O–H groups in total. The van der Waals surface area contributed by atoms with Crippen LogP contribution in [0.1, 0.15) is 81.1 Å². The number of hydrogen-bond donors (Lipinski definition) is 5. The number of ether oxygens (including phenoxy) is 4. The van der Waals surface area contributed by atoms with Crippen molar-refractivity contribution in [2.45, 2.75) is 58.3 Å². The minimum Gasteiger partial charge on any atom is -0.494 e. The fourth-order valence-corrected chi connectivity index (χ4v) is 9.21. The largest absolute Gasteiger partial charge is 0.494 e. The molecule has 364 valence electrons. The maximum absolute atomic E-state index is 9.44. The zero-order valence-electron chi connectivity index (χ0n) is 40.3. The summed E-state index contributed by atoms with van der Waals surface area (Å²) in [5.74, 6) is 2.80. The number of aliphatic hydroxyl groups is 3. The number of nitrogens with zero attached hydrogens (tertiary/aromatic N) is 2. The van der Waals surface area contributed by atoms with Gasteiger partial charge in [-0.15, -0.1) is 0 Å². The summed E-state index contributed by atoms with van der Waals surface area (Å²) in [6.07, 6.45) is 18.2. The van der Waals surface area contributed by atoms with Crippen LogP contribution in [0.25, 0.3) is 90.9 Å². The molecule has 71 heavy (non-hydrogen) atoms. The molecule has 7 aromatic rings. The van der Waals surface area contributed by atoms with Gasteiger partial charge in [-0.3, -0.25) is 0 Å². The van der Waals surface area contributed by atoms with Crippen LogP contribution in [0.3, 0.4) is 0 Å². The first-order valence-electron chi connectivity index (χ1n) is 24.9. The van der Waals surface area contributed by atoms with Gasteiger partial charge in [0.1, 0.15) is 42.8 Å². The smallest absolute Gasteiger partial charge is 0.119 e. The monoisotopic (exact) mass is 950 g/mol. The van der Waals surface area contributed by atoms with Crippen molar-refractivity contribution < 1.29 is 34.3 Å². The molecule has 4 aromatic carbocycles. The van der Waals surface area contributed by atoms with Gasteiger partial charge in [0.15, 0.2) is 0 Å². The summed E-state index contributed by atoms with van der Waals surface area (Å²) >= 11 is 0. The maximum Gasteiger partial charge on any atom is 0.119 e. The number of unbranched alkanes of at least 4 members (excludes halogenated alkanes) is 7. The maximum atomic E-state index is 9.44. The Hall–Kier alpha value is -7.44. The van der Waals surface area contributed by atoms with E-state index in [-0.39, 0.29) is 39.6 Å². The molecular formula is C60H62N4O7. The van der Waals surface area contributed by atoms with Crippen LogP contribution in [0.15, 0.2) is 121 Å². The minimum atomic E-state index is -0.0833. The Bertz CT molecular complexity index is 2950.